The number of amides is 1. The van der Waals surface area contributed by atoms with Crippen LogP contribution in [0.4, 0.5) is 14.5 Å². The summed E-state index contributed by atoms with van der Waals surface area (Å²) in [5.74, 6) is -1.21. The van der Waals surface area contributed by atoms with Crippen LogP contribution in [0.15, 0.2) is 48.5 Å². The molecule has 0 aliphatic rings. The maximum Gasteiger partial charge on any atom is 0.243 e. The van der Waals surface area contributed by atoms with Crippen molar-refractivity contribution in [2.45, 2.75) is 32.2 Å². The molecule has 152 valence electrons. The molecule has 1 atom stereocenters. The molecular weight excluding hydrogens is 386 g/mol. The standard InChI is InChI=1S/C20H24F2N2O3S/c1-3-19(24(28(2,26)27)18-12-10-17(22)11-13-18)20(25)23-14-4-5-15-6-8-16(21)9-7-15/h6-13,19H,3-5,14H2,1-2H3,(H,23,25)/t19-/m0/s1. The molecular formula is C20H24F2N2O3S. The molecule has 2 aromatic carbocycles. The molecule has 0 fully saturated rings. The summed E-state index contributed by atoms with van der Waals surface area (Å²) < 4.78 is 51.7. The largest absolute Gasteiger partial charge is 0.354 e. The molecule has 0 radical (unpaired) electrons. The molecule has 2 rings (SSSR count). The predicted molar refractivity (Wildman–Crippen MR) is 106 cm³/mol. The van der Waals surface area contributed by atoms with E-state index >= 15 is 0 Å². The predicted octanol–water partition coefficient (Wildman–Crippen LogP) is 3.26. The first-order valence-electron chi connectivity index (χ1n) is 8.99. The highest BCUT2D eigenvalue weighted by Crippen LogP contribution is 2.22. The third-order valence-electron chi connectivity index (χ3n) is 4.27. The van der Waals surface area contributed by atoms with Crippen LogP contribution in [0.3, 0.4) is 0 Å². The van der Waals surface area contributed by atoms with Gasteiger partial charge in [0.25, 0.3) is 0 Å². The summed E-state index contributed by atoms with van der Waals surface area (Å²) in [4.78, 5) is 12.6. The molecule has 1 N–H and O–H groups in total. The van der Waals surface area contributed by atoms with Crippen molar-refractivity contribution in [1.29, 1.82) is 0 Å². The molecule has 5 nitrogen and oxygen atoms in total. The summed E-state index contributed by atoms with van der Waals surface area (Å²) in [5.41, 5.74) is 1.18. The monoisotopic (exact) mass is 410 g/mol. The number of carbonyl (C=O) groups is 1. The van der Waals surface area contributed by atoms with Crippen molar-refractivity contribution in [3.63, 3.8) is 0 Å². The SMILES string of the molecule is CC[C@@H](C(=O)NCCCc1ccc(F)cc1)N(c1ccc(F)cc1)S(C)(=O)=O. The third kappa shape index (κ3) is 6.02. The Morgan fingerprint density at radius 3 is 2.07 bits per heavy atom. The zero-order chi connectivity index (χ0) is 20.7. The Bertz CT molecular complexity index is 885. The fraction of sp³-hybridized carbons (Fsp3) is 0.350. The maximum atomic E-state index is 13.2. The highest BCUT2D eigenvalue weighted by molar-refractivity contribution is 7.92. The van der Waals surface area contributed by atoms with Crippen LogP contribution >= 0.6 is 0 Å². The topological polar surface area (TPSA) is 66.5 Å². The molecule has 0 aliphatic heterocycles. The number of nitrogens with zero attached hydrogens (tertiary/aromatic N) is 1. The first-order chi connectivity index (χ1) is 13.2. The Labute approximate surface area is 164 Å². The summed E-state index contributed by atoms with van der Waals surface area (Å²) in [5, 5.41) is 2.76. The minimum atomic E-state index is -3.75. The quantitative estimate of drug-likeness (QED) is 0.646. The van der Waals surface area contributed by atoms with Gasteiger partial charge < -0.3 is 5.32 Å². The highest BCUT2D eigenvalue weighted by Gasteiger charge is 2.31. The fourth-order valence-corrected chi connectivity index (χ4v) is 4.13. The van der Waals surface area contributed by atoms with Gasteiger partial charge in [0.15, 0.2) is 0 Å². The highest BCUT2D eigenvalue weighted by atomic mass is 32.2. The normalized spacial score (nSPS) is 12.4. The zero-order valence-corrected chi connectivity index (χ0v) is 16.7. The summed E-state index contributed by atoms with van der Waals surface area (Å²) in [6.45, 7) is 2.07. The van der Waals surface area contributed by atoms with Crippen LogP contribution in [0.2, 0.25) is 0 Å². The van der Waals surface area contributed by atoms with Crippen LogP contribution in [0.1, 0.15) is 25.3 Å². The van der Waals surface area contributed by atoms with Crippen LogP contribution < -0.4 is 9.62 Å². The Hall–Kier alpha value is -2.48. The molecule has 1 amide bonds. The van der Waals surface area contributed by atoms with E-state index in [9.17, 15) is 22.0 Å². The molecule has 0 aromatic heterocycles. The number of anilines is 1. The van der Waals surface area contributed by atoms with E-state index in [-0.39, 0.29) is 17.9 Å². The van der Waals surface area contributed by atoms with Crippen LogP contribution in [-0.4, -0.2) is 33.2 Å². The van der Waals surface area contributed by atoms with Crippen molar-refractivity contribution in [1.82, 2.24) is 5.32 Å². The Morgan fingerprint density at radius 2 is 1.57 bits per heavy atom. The van der Waals surface area contributed by atoms with E-state index in [2.05, 4.69) is 5.32 Å². The minimum absolute atomic E-state index is 0.234. The molecule has 2 aromatic rings. The smallest absolute Gasteiger partial charge is 0.243 e. The number of aryl methyl sites for hydroxylation is 1. The maximum absolute atomic E-state index is 13.2. The van der Waals surface area contributed by atoms with Gasteiger partial charge in [0.1, 0.15) is 17.7 Å². The number of sulfonamides is 1. The fourth-order valence-electron chi connectivity index (χ4n) is 2.92. The van der Waals surface area contributed by atoms with Crippen molar-refractivity contribution >= 4 is 21.6 Å². The van der Waals surface area contributed by atoms with Crippen molar-refractivity contribution in [2.24, 2.45) is 0 Å². The van der Waals surface area contributed by atoms with E-state index in [0.29, 0.717) is 19.4 Å². The van der Waals surface area contributed by atoms with E-state index in [1.54, 1.807) is 19.1 Å². The summed E-state index contributed by atoms with van der Waals surface area (Å²) in [6.07, 6.45) is 2.56. The van der Waals surface area contributed by atoms with Crippen LogP contribution in [0, 0.1) is 11.6 Å². The number of nitrogens with one attached hydrogen (secondary N) is 1. The van der Waals surface area contributed by atoms with E-state index in [1.807, 2.05) is 0 Å². The summed E-state index contributed by atoms with van der Waals surface area (Å²) in [7, 11) is -3.75. The number of carbonyl (C=O) groups excluding carboxylic acids is 1. The van der Waals surface area contributed by atoms with Crippen LogP contribution in [0.25, 0.3) is 0 Å². The molecule has 0 heterocycles. The first-order valence-corrected chi connectivity index (χ1v) is 10.8. The lowest BCUT2D eigenvalue weighted by Gasteiger charge is -2.30. The average molecular weight is 410 g/mol. The minimum Gasteiger partial charge on any atom is -0.354 e. The van der Waals surface area contributed by atoms with E-state index in [1.165, 1.54) is 24.3 Å². The van der Waals surface area contributed by atoms with Crippen molar-refractivity contribution in [2.75, 3.05) is 17.1 Å². The number of benzene rings is 2. The van der Waals surface area contributed by atoms with Crippen molar-refractivity contribution < 1.29 is 22.0 Å². The molecule has 0 saturated heterocycles. The van der Waals surface area contributed by atoms with Crippen molar-refractivity contribution in [3.05, 3.63) is 65.7 Å². The Balaban J connectivity index is 2.02. The molecule has 0 aliphatic carbocycles. The number of halogens is 2. The van der Waals surface area contributed by atoms with E-state index in [4.69, 9.17) is 0 Å². The second-order valence-electron chi connectivity index (χ2n) is 6.48. The van der Waals surface area contributed by atoms with Crippen molar-refractivity contribution in [3.8, 4) is 0 Å². The molecule has 0 unspecified atom stereocenters. The third-order valence-corrected chi connectivity index (χ3v) is 5.45. The molecule has 8 heteroatoms. The first kappa shape index (κ1) is 21.8. The number of rotatable bonds is 9. The Kier molecular flexibility index (Phi) is 7.51. The van der Waals surface area contributed by atoms with Gasteiger partial charge in [-0.25, -0.2) is 17.2 Å². The molecule has 0 bridgehead atoms. The van der Waals surface area contributed by atoms with Gasteiger partial charge >= 0.3 is 0 Å². The number of hydrogen-bond donors (Lipinski definition) is 1. The zero-order valence-electron chi connectivity index (χ0n) is 15.9. The van der Waals surface area contributed by atoms with Crippen LogP contribution in [0.5, 0.6) is 0 Å². The van der Waals surface area contributed by atoms with Gasteiger partial charge in [0.05, 0.1) is 11.9 Å². The second kappa shape index (κ2) is 9.64. The van der Waals surface area contributed by atoms with Gasteiger partial charge in [-0.1, -0.05) is 19.1 Å². The lowest BCUT2D eigenvalue weighted by molar-refractivity contribution is -0.122. The summed E-state index contributed by atoms with van der Waals surface area (Å²) in [6, 6.07) is 10.2. The second-order valence-corrected chi connectivity index (χ2v) is 8.34. The lowest BCUT2D eigenvalue weighted by atomic mass is 10.1. The van der Waals surface area contributed by atoms with Gasteiger partial charge in [-0.3, -0.25) is 9.10 Å². The number of hydrogen-bond acceptors (Lipinski definition) is 3. The molecule has 28 heavy (non-hydrogen) atoms. The summed E-state index contributed by atoms with van der Waals surface area (Å²) >= 11 is 0. The van der Waals surface area contributed by atoms with Gasteiger partial charge in [-0.15, -0.1) is 0 Å². The van der Waals surface area contributed by atoms with Crippen LogP contribution in [-0.2, 0) is 21.2 Å². The molecule has 0 spiro atoms. The van der Waals surface area contributed by atoms with E-state index in [0.717, 1.165) is 28.3 Å². The Morgan fingerprint density at radius 1 is 1.04 bits per heavy atom. The lowest BCUT2D eigenvalue weighted by Crippen LogP contribution is -2.49. The van der Waals surface area contributed by atoms with E-state index < -0.39 is 27.8 Å². The van der Waals surface area contributed by atoms with Gasteiger partial charge in [0, 0.05) is 6.54 Å². The van der Waals surface area contributed by atoms with Gasteiger partial charge in [0.2, 0.25) is 15.9 Å². The average Bonchev–Trinajstić information content (AvgIpc) is 2.64. The molecule has 0 saturated carbocycles. The van der Waals surface area contributed by atoms with Gasteiger partial charge in [-0.2, -0.15) is 0 Å². The van der Waals surface area contributed by atoms with Gasteiger partial charge in [-0.05, 0) is 61.2 Å².